The molecule has 1 N–H and O–H groups in total. The maximum absolute atomic E-state index is 12.6. The lowest BCUT2D eigenvalue weighted by atomic mass is 10.0. The summed E-state index contributed by atoms with van der Waals surface area (Å²) >= 11 is 0. The van der Waals surface area contributed by atoms with Crippen molar-refractivity contribution >= 4 is 21.6 Å². The summed E-state index contributed by atoms with van der Waals surface area (Å²) in [5, 5.41) is 2.80. The van der Waals surface area contributed by atoms with E-state index in [4.69, 9.17) is 9.47 Å². The summed E-state index contributed by atoms with van der Waals surface area (Å²) in [5.41, 5.74) is 1.39. The number of hydrogen-bond donors (Lipinski definition) is 1. The molecule has 30 heavy (non-hydrogen) atoms. The highest BCUT2D eigenvalue weighted by Crippen LogP contribution is 2.28. The van der Waals surface area contributed by atoms with Gasteiger partial charge in [0, 0.05) is 0 Å². The lowest BCUT2D eigenvalue weighted by molar-refractivity contribution is -0.120. The molecule has 0 spiro atoms. The molecule has 164 valence electrons. The zero-order valence-electron chi connectivity index (χ0n) is 18.1. The second-order valence-corrected chi connectivity index (χ2v) is 9.35. The third-order valence-corrected chi connectivity index (χ3v) is 5.61. The van der Waals surface area contributed by atoms with E-state index in [0.29, 0.717) is 11.4 Å². The summed E-state index contributed by atoms with van der Waals surface area (Å²) in [4.78, 5) is 12.6. The number of amides is 1. The van der Waals surface area contributed by atoms with Crippen molar-refractivity contribution in [2.24, 2.45) is 0 Å². The van der Waals surface area contributed by atoms with Gasteiger partial charge in [0.2, 0.25) is 15.9 Å². The average Bonchev–Trinajstić information content (AvgIpc) is 2.70. The van der Waals surface area contributed by atoms with Crippen LogP contribution < -0.4 is 19.1 Å². The van der Waals surface area contributed by atoms with E-state index in [-0.39, 0.29) is 25.1 Å². The molecule has 0 fully saturated rings. The standard InChI is InChI=1S/C22H30N2O5S/c1-16(2)20-8-6-7-9-21(20)24(30(5,26)27)14-22(25)23-17(3)15-29-19-12-10-18(28-4)11-13-19/h6-13,16-17H,14-15H2,1-5H3,(H,23,25)/t17-/m0/s1. The Morgan fingerprint density at radius 2 is 1.63 bits per heavy atom. The van der Waals surface area contributed by atoms with Crippen LogP contribution in [0, 0.1) is 0 Å². The van der Waals surface area contributed by atoms with Crippen LogP contribution in [0.25, 0.3) is 0 Å². The van der Waals surface area contributed by atoms with Crippen LogP contribution in [0.1, 0.15) is 32.3 Å². The van der Waals surface area contributed by atoms with Crippen molar-refractivity contribution in [3.05, 3.63) is 54.1 Å². The van der Waals surface area contributed by atoms with Gasteiger partial charge in [-0.3, -0.25) is 9.10 Å². The lowest BCUT2D eigenvalue weighted by Crippen LogP contribution is -2.45. The van der Waals surface area contributed by atoms with Crippen molar-refractivity contribution in [1.29, 1.82) is 0 Å². The minimum atomic E-state index is -3.64. The van der Waals surface area contributed by atoms with Crippen molar-refractivity contribution in [1.82, 2.24) is 5.32 Å². The van der Waals surface area contributed by atoms with E-state index in [1.807, 2.05) is 26.0 Å². The number of methoxy groups -OCH3 is 1. The van der Waals surface area contributed by atoms with Gasteiger partial charge >= 0.3 is 0 Å². The number of hydrogen-bond acceptors (Lipinski definition) is 5. The van der Waals surface area contributed by atoms with E-state index in [1.54, 1.807) is 50.4 Å². The first-order valence-corrected chi connectivity index (χ1v) is 11.6. The quantitative estimate of drug-likeness (QED) is 0.621. The summed E-state index contributed by atoms with van der Waals surface area (Å²) in [7, 11) is -2.05. The Bertz CT molecular complexity index is 942. The van der Waals surface area contributed by atoms with Gasteiger partial charge in [0.1, 0.15) is 24.7 Å². The largest absolute Gasteiger partial charge is 0.497 e. The van der Waals surface area contributed by atoms with Crippen molar-refractivity contribution in [2.75, 3.05) is 30.8 Å². The normalized spacial score (nSPS) is 12.3. The van der Waals surface area contributed by atoms with Gasteiger partial charge in [-0.05, 0) is 48.7 Å². The molecule has 0 bridgehead atoms. The molecule has 0 saturated carbocycles. The van der Waals surface area contributed by atoms with Crippen molar-refractivity contribution in [3.63, 3.8) is 0 Å². The molecular weight excluding hydrogens is 404 g/mol. The van der Waals surface area contributed by atoms with Gasteiger partial charge in [0.15, 0.2) is 0 Å². The summed E-state index contributed by atoms with van der Waals surface area (Å²) in [6, 6.07) is 14.1. The predicted octanol–water partition coefficient (Wildman–Crippen LogP) is 3.17. The molecule has 0 aliphatic heterocycles. The van der Waals surface area contributed by atoms with Crippen LogP contribution in [0.5, 0.6) is 11.5 Å². The van der Waals surface area contributed by atoms with E-state index in [0.717, 1.165) is 21.9 Å². The summed E-state index contributed by atoms with van der Waals surface area (Å²) in [6.07, 6.45) is 1.10. The Morgan fingerprint density at radius 1 is 1.03 bits per heavy atom. The highest BCUT2D eigenvalue weighted by atomic mass is 32.2. The number of nitrogens with one attached hydrogen (secondary N) is 1. The Labute approximate surface area is 179 Å². The molecule has 0 aromatic heterocycles. The van der Waals surface area contributed by atoms with Gasteiger partial charge in [0.05, 0.1) is 25.1 Å². The first-order valence-electron chi connectivity index (χ1n) is 9.74. The Balaban J connectivity index is 2.02. The van der Waals surface area contributed by atoms with E-state index < -0.39 is 15.9 Å². The van der Waals surface area contributed by atoms with Gasteiger partial charge in [-0.1, -0.05) is 32.0 Å². The van der Waals surface area contributed by atoms with E-state index in [9.17, 15) is 13.2 Å². The molecule has 8 heteroatoms. The molecule has 1 amide bonds. The highest BCUT2D eigenvalue weighted by Gasteiger charge is 2.24. The topological polar surface area (TPSA) is 84.9 Å². The maximum Gasteiger partial charge on any atom is 0.241 e. The van der Waals surface area contributed by atoms with Crippen LogP contribution in [0.2, 0.25) is 0 Å². The number of anilines is 1. The van der Waals surface area contributed by atoms with Gasteiger partial charge in [-0.2, -0.15) is 0 Å². The highest BCUT2D eigenvalue weighted by molar-refractivity contribution is 7.92. The molecule has 2 aromatic carbocycles. The number of para-hydroxylation sites is 1. The minimum absolute atomic E-state index is 0.116. The van der Waals surface area contributed by atoms with Crippen LogP contribution >= 0.6 is 0 Å². The molecular formula is C22H30N2O5S. The molecule has 1 atom stereocenters. The summed E-state index contributed by atoms with van der Waals surface area (Å²) in [5.74, 6) is 1.10. The fraction of sp³-hybridized carbons (Fsp3) is 0.409. The SMILES string of the molecule is COc1ccc(OC[C@H](C)NC(=O)CN(c2ccccc2C(C)C)S(C)(=O)=O)cc1. The number of carbonyl (C=O) groups excluding carboxylic acids is 1. The van der Waals surface area contributed by atoms with Gasteiger partial charge in [-0.15, -0.1) is 0 Å². The maximum atomic E-state index is 12.6. The molecule has 2 aromatic rings. The molecule has 0 saturated heterocycles. The van der Waals surface area contributed by atoms with Gasteiger partial charge < -0.3 is 14.8 Å². The molecule has 0 aliphatic carbocycles. The zero-order chi connectivity index (χ0) is 22.3. The van der Waals surface area contributed by atoms with Crippen LogP contribution in [-0.4, -0.2) is 46.9 Å². The minimum Gasteiger partial charge on any atom is -0.497 e. The second kappa shape index (κ2) is 10.3. The Hall–Kier alpha value is -2.74. The number of carbonyl (C=O) groups is 1. The van der Waals surface area contributed by atoms with Crippen LogP contribution in [0.15, 0.2) is 48.5 Å². The van der Waals surface area contributed by atoms with Gasteiger partial charge in [0.25, 0.3) is 0 Å². The predicted molar refractivity (Wildman–Crippen MR) is 119 cm³/mol. The van der Waals surface area contributed by atoms with Crippen LogP contribution in [0.3, 0.4) is 0 Å². The Morgan fingerprint density at radius 3 is 2.20 bits per heavy atom. The van der Waals surface area contributed by atoms with Crippen molar-refractivity contribution in [2.45, 2.75) is 32.7 Å². The first kappa shape index (κ1) is 23.5. The number of sulfonamides is 1. The smallest absolute Gasteiger partial charge is 0.241 e. The van der Waals surface area contributed by atoms with Crippen molar-refractivity contribution < 1.29 is 22.7 Å². The summed E-state index contributed by atoms with van der Waals surface area (Å²) in [6.45, 7) is 5.72. The molecule has 0 unspecified atom stereocenters. The Kier molecular flexibility index (Phi) is 8.11. The van der Waals surface area contributed by atoms with Crippen LogP contribution in [0.4, 0.5) is 5.69 Å². The fourth-order valence-electron chi connectivity index (χ4n) is 2.97. The molecule has 2 rings (SSSR count). The number of benzene rings is 2. The van der Waals surface area contributed by atoms with Crippen molar-refractivity contribution in [3.8, 4) is 11.5 Å². The van der Waals surface area contributed by atoms with Gasteiger partial charge in [-0.25, -0.2) is 8.42 Å². The third-order valence-electron chi connectivity index (χ3n) is 4.48. The third kappa shape index (κ3) is 6.66. The number of ether oxygens (including phenoxy) is 2. The zero-order valence-corrected chi connectivity index (χ0v) is 18.9. The number of rotatable bonds is 10. The second-order valence-electron chi connectivity index (χ2n) is 7.44. The average molecular weight is 435 g/mol. The van der Waals surface area contributed by atoms with E-state index >= 15 is 0 Å². The molecule has 0 radical (unpaired) electrons. The molecule has 0 aliphatic rings. The van der Waals surface area contributed by atoms with E-state index in [1.165, 1.54) is 0 Å². The lowest BCUT2D eigenvalue weighted by Gasteiger charge is -2.26. The first-order chi connectivity index (χ1) is 14.1. The summed E-state index contributed by atoms with van der Waals surface area (Å²) < 4.78 is 36.7. The van der Waals surface area contributed by atoms with E-state index in [2.05, 4.69) is 5.32 Å². The molecule has 7 nitrogen and oxygen atoms in total. The molecule has 0 heterocycles. The number of nitrogens with zero attached hydrogens (tertiary/aromatic N) is 1. The van der Waals surface area contributed by atoms with Crippen LogP contribution in [-0.2, 0) is 14.8 Å². The fourth-order valence-corrected chi connectivity index (χ4v) is 3.85. The monoisotopic (exact) mass is 434 g/mol.